The molecule has 1 aliphatic heterocycles. The minimum Gasteiger partial charge on any atom is -0.389 e. The van der Waals surface area contributed by atoms with Crippen LogP contribution in [-0.2, 0) is 4.79 Å². The highest BCUT2D eigenvalue weighted by Crippen LogP contribution is 2.25. The summed E-state index contributed by atoms with van der Waals surface area (Å²) in [6.07, 6.45) is 0.348. The van der Waals surface area contributed by atoms with Gasteiger partial charge in [0.25, 0.3) is 0 Å². The van der Waals surface area contributed by atoms with E-state index in [1.807, 2.05) is 0 Å². The minimum absolute atomic E-state index is 0.0448. The number of nitrogens with zero attached hydrogens (tertiary/aromatic N) is 1. The smallest absolute Gasteiger partial charge is 0.244 e. The van der Waals surface area contributed by atoms with Gasteiger partial charge in [0.2, 0.25) is 5.91 Å². The van der Waals surface area contributed by atoms with Gasteiger partial charge in [-0.25, -0.2) is 8.78 Å². The summed E-state index contributed by atoms with van der Waals surface area (Å²) in [5.74, 6) is -0.455. The van der Waals surface area contributed by atoms with Crippen LogP contribution in [0.3, 0.4) is 0 Å². The summed E-state index contributed by atoms with van der Waals surface area (Å²) in [4.78, 5) is 14.1. The number of anilines is 1. The van der Waals surface area contributed by atoms with E-state index in [2.05, 4.69) is 5.32 Å². The fourth-order valence-electron chi connectivity index (χ4n) is 2.56. The summed E-state index contributed by atoms with van der Waals surface area (Å²) in [6, 6.07) is 3.89. The first kappa shape index (κ1) is 15.9. The second-order valence-corrected chi connectivity index (χ2v) is 5.33. The SMILES string of the molecule is Cc1cc(F)ccc1N1CCCC(NC[C@H](O)CF)C1=O. The molecule has 1 aromatic carbocycles. The number of carbonyl (C=O) groups is 1. The number of amides is 1. The van der Waals surface area contributed by atoms with E-state index < -0.39 is 18.8 Å². The fraction of sp³-hybridized carbons (Fsp3) is 0.533. The van der Waals surface area contributed by atoms with E-state index in [-0.39, 0.29) is 18.3 Å². The van der Waals surface area contributed by atoms with Crippen LogP contribution < -0.4 is 10.2 Å². The van der Waals surface area contributed by atoms with Crippen molar-refractivity contribution in [2.45, 2.75) is 31.9 Å². The van der Waals surface area contributed by atoms with Crippen molar-refractivity contribution in [1.29, 1.82) is 0 Å². The Morgan fingerprint density at radius 1 is 1.52 bits per heavy atom. The Morgan fingerprint density at radius 3 is 2.95 bits per heavy atom. The van der Waals surface area contributed by atoms with Crippen molar-refractivity contribution < 1.29 is 18.7 Å². The molecular formula is C15H20F2N2O2. The molecule has 1 unspecified atom stereocenters. The summed E-state index contributed by atoms with van der Waals surface area (Å²) < 4.78 is 25.4. The number of benzene rings is 1. The Morgan fingerprint density at radius 2 is 2.29 bits per heavy atom. The first-order valence-corrected chi connectivity index (χ1v) is 7.08. The van der Waals surface area contributed by atoms with Gasteiger partial charge in [-0.1, -0.05) is 0 Å². The Kier molecular flexibility index (Phi) is 5.25. The van der Waals surface area contributed by atoms with E-state index in [9.17, 15) is 18.7 Å². The van der Waals surface area contributed by atoms with E-state index >= 15 is 0 Å². The van der Waals surface area contributed by atoms with Crippen molar-refractivity contribution in [1.82, 2.24) is 5.32 Å². The average molecular weight is 298 g/mol. The molecule has 2 rings (SSSR count). The molecule has 0 spiro atoms. The predicted molar refractivity (Wildman–Crippen MR) is 76.5 cm³/mol. The number of carbonyl (C=O) groups excluding carboxylic acids is 1. The van der Waals surface area contributed by atoms with Gasteiger partial charge < -0.3 is 15.3 Å². The Balaban J connectivity index is 2.08. The van der Waals surface area contributed by atoms with Gasteiger partial charge >= 0.3 is 0 Å². The van der Waals surface area contributed by atoms with Gasteiger partial charge in [-0.15, -0.1) is 0 Å². The summed E-state index contributed by atoms with van der Waals surface area (Å²) >= 11 is 0. The maximum Gasteiger partial charge on any atom is 0.244 e. The topological polar surface area (TPSA) is 52.6 Å². The number of rotatable bonds is 5. The standard InChI is InChI=1S/C15H20F2N2O2/c1-10-7-11(17)4-5-14(10)19-6-2-3-13(15(19)21)18-9-12(20)8-16/h4-5,7,12-13,18,20H,2-3,6,8-9H2,1H3/t12-,13?/m1/s1. The Hall–Kier alpha value is -1.53. The molecule has 0 bridgehead atoms. The van der Waals surface area contributed by atoms with Crippen molar-refractivity contribution in [3.05, 3.63) is 29.6 Å². The molecule has 1 amide bonds. The van der Waals surface area contributed by atoms with Gasteiger partial charge in [0.05, 0.1) is 12.1 Å². The number of aliphatic hydroxyl groups excluding tert-OH is 1. The third-order valence-corrected chi connectivity index (χ3v) is 3.67. The van der Waals surface area contributed by atoms with E-state index in [4.69, 9.17) is 0 Å². The molecule has 1 heterocycles. The van der Waals surface area contributed by atoms with E-state index in [1.165, 1.54) is 12.1 Å². The molecule has 4 nitrogen and oxygen atoms in total. The van der Waals surface area contributed by atoms with Crippen molar-refractivity contribution >= 4 is 11.6 Å². The molecule has 2 atom stereocenters. The molecule has 1 aromatic rings. The number of nitrogens with one attached hydrogen (secondary N) is 1. The van der Waals surface area contributed by atoms with Crippen molar-refractivity contribution in [3.63, 3.8) is 0 Å². The third-order valence-electron chi connectivity index (χ3n) is 3.67. The van der Waals surface area contributed by atoms with Crippen LogP contribution in [-0.4, -0.2) is 42.9 Å². The second kappa shape index (κ2) is 6.95. The predicted octanol–water partition coefficient (Wildman–Crippen LogP) is 1.55. The number of hydrogen-bond donors (Lipinski definition) is 2. The molecule has 0 radical (unpaired) electrons. The lowest BCUT2D eigenvalue weighted by molar-refractivity contribution is -0.121. The number of piperidine rings is 1. The largest absolute Gasteiger partial charge is 0.389 e. The molecule has 116 valence electrons. The number of halogens is 2. The van der Waals surface area contributed by atoms with Crippen molar-refractivity contribution in [2.75, 3.05) is 24.7 Å². The van der Waals surface area contributed by atoms with Crippen molar-refractivity contribution in [3.8, 4) is 0 Å². The molecule has 1 aliphatic rings. The van der Waals surface area contributed by atoms with Crippen LogP contribution in [0.15, 0.2) is 18.2 Å². The summed E-state index contributed by atoms with van der Waals surface area (Å²) in [6.45, 7) is 1.54. The van der Waals surface area contributed by atoms with E-state index in [1.54, 1.807) is 17.9 Å². The monoisotopic (exact) mass is 298 g/mol. The van der Waals surface area contributed by atoms with E-state index in [0.717, 1.165) is 6.42 Å². The minimum atomic E-state index is -1.10. The first-order valence-electron chi connectivity index (χ1n) is 7.08. The summed E-state index contributed by atoms with van der Waals surface area (Å²) in [7, 11) is 0. The molecule has 1 fully saturated rings. The zero-order valence-electron chi connectivity index (χ0n) is 12.0. The van der Waals surface area contributed by atoms with Gasteiger partial charge in [-0.3, -0.25) is 4.79 Å². The maximum absolute atomic E-state index is 13.2. The maximum atomic E-state index is 13.2. The first-order chi connectivity index (χ1) is 10.0. The molecule has 2 N–H and O–H groups in total. The van der Waals surface area contributed by atoms with Gasteiger partial charge in [0.15, 0.2) is 0 Å². The highest BCUT2D eigenvalue weighted by atomic mass is 19.1. The lowest BCUT2D eigenvalue weighted by Crippen LogP contribution is -2.52. The van der Waals surface area contributed by atoms with Crippen LogP contribution >= 0.6 is 0 Å². The Bertz CT molecular complexity index is 510. The zero-order valence-corrected chi connectivity index (χ0v) is 12.0. The van der Waals surface area contributed by atoms with Crippen LogP contribution in [0.4, 0.5) is 14.5 Å². The second-order valence-electron chi connectivity index (χ2n) is 5.33. The molecule has 21 heavy (non-hydrogen) atoms. The average Bonchev–Trinajstić information content (AvgIpc) is 2.46. The lowest BCUT2D eigenvalue weighted by atomic mass is 10.0. The van der Waals surface area contributed by atoms with Crippen LogP contribution in [0.5, 0.6) is 0 Å². The van der Waals surface area contributed by atoms with Gasteiger partial charge in [0.1, 0.15) is 12.5 Å². The Labute approximate surface area is 122 Å². The number of aliphatic hydroxyl groups is 1. The van der Waals surface area contributed by atoms with Gasteiger partial charge in [0, 0.05) is 18.8 Å². The summed E-state index contributed by atoms with van der Waals surface area (Å²) in [5, 5.41) is 12.1. The summed E-state index contributed by atoms with van der Waals surface area (Å²) in [5.41, 5.74) is 1.40. The normalized spacial score (nSPS) is 20.7. The number of alkyl halides is 1. The molecule has 1 saturated heterocycles. The molecule has 0 aromatic heterocycles. The third kappa shape index (κ3) is 3.77. The quantitative estimate of drug-likeness (QED) is 0.867. The highest BCUT2D eigenvalue weighted by Gasteiger charge is 2.30. The lowest BCUT2D eigenvalue weighted by Gasteiger charge is -2.34. The zero-order chi connectivity index (χ0) is 15.4. The molecule has 6 heteroatoms. The van der Waals surface area contributed by atoms with Crippen molar-refractivity contribution in [2.24, 2.45) is 0 Å². The van der Waals surface area contributed by atoms with Crippen LogP contribution in [0.25, 0.3) is 0 Å². The van der Waals surface area contributed by atoms with Crippen LogP contribution in [0.1, 0.15) is 18.4 Å². The van der Waals surface area contributed by atoms with Crippen LogP contribution in [0.2, 0.25) is 0 Å². The molecule has 0 saturated carbocycles. The number of hydrogen-bond acceptors (Lipinski definition) is 3. The van der Waals surface area contributed by atoms with Crippen LogP contribution in [0, 0.1) is 12.7 Å². The molecule has 0 aliphatic carbocycles. The van der Waals surface area contributed by atoms with Gasteiger partial charge in [-0.05, 0) is 43.5 Å². The highest BCUT2D eigenvalue weighted by molar-refractivity contribution is 5.98. The fourth-order valence-corrected chi connectivity index (χ4v) is 2.56. The van der Waals surface area contributed by atoms with Gasteiger partial charge in [-0.2, -0.15) is 0 Å². The molecular weight excluding hydrogens is 278 g/mol. The number of aryl methyl sites for hydroxylation is 1. The van der Waals surface area contributed by atoms with E-state index in [0.29, 0.717) is 24.2 Å².